The Morgan fingerprint density at radius 2 is 2.12 bits per heavy atom. The van der Waals surface area contributed by atoms with E-state index in [0.29, 0.717) is 0 Å². The Labute approximate surface area is 92.2 Å². The summed E-state index contributed by atoms with van der Waals surface area (Å²) in [5, 5.41) is 10.5. The lowest BCUT2D eigenvalue weighted by molar-refractivity contribution is -0.385. The summed E-state index contributed by atoms with van der Waals surface area (Å²) in [4.78, 5) is 9.79. The molecule has 0 heterocycles. The number of ether oxygens (including phenoxy) is 1. The average Bonchev–Trinajstić information content (AvgIpc) is 2.16. The van der Waals surface area contributed by atoms with Gasteiger partial charge in [0.2, 0.25) is 0 Å². The monoisotopic (exact) mass is 223 g/mol. The minimum Gasteiger partial charge on any atom is -0.475 e. The van der Waals surface area contributed by atoms with Gasteiger partial charge in [0, 0.05) is 6.07 Å². The molecule has 0 spiro atoms. The minimum atomic E-state index is -0.943. The molecule has 0 aliphatic carbocycles. The van der Waals surface area contributed by atoms with Gasteiger partial charge >= 0.3 is 0 Å². The maximum atomic E-state index is 13.0. The van der Waals surface area contributed by atoms with Gasteiger partial charge in [-0.15, -0.1) is 6.42 Å². The molecule has 0 amide bonds. The Morgan fingerprint density at radius 1 is 1.50 bits per heavy atom. The molecule has 0 fully saturated rings. The molecule has 0 unspecified atom stereocenters. The lowest BCUT2D eigenvalue weighted by Crippen LogP contribution is -2.25. The van der Waals surface area contributed by atoms with Crippen LogP contribution in [0.1, 0.15) is 13.8 Å². The summed E-state index contributed by atoms with van der Waals surface area (Å²) in [7, 11) is 0. The molecule has 1 aromatic rings. The van der Waals surface area contributed by atoms with E-state index in [1.165, 1.54) is 0 Å². The number of nitro benzene ring substituents is 1. The van der Waals surface area contributed by atoms with E-state index in [2.05, 4.69) is 5.92 Å². The van der Waals surface area contributed by atoms with Crippen LogP contribution in [0.15, 0.2) is 18.2 Å². The lowest BCUT2D eigenvalue weighted by atomic mass is 10.1. The quantitative estimate of drug-likeness (QED) is 0.449. The highest BCUT2D eigenvalue weighted by molar-refractivity contribution is 5.39. The highest BCUT2D eigenvalue weighted by atomic mass is 19.1. The van der Waals surface area contributed by atoms with Gasteiger partial charge in [-0.25, -0.2) is 4.39 Å². The van der Waals surface area contributed by atoms with Crippen LogP contribution in [0.3, 0.4) is 0 Å². The van der Waals surface area contributed by atoms with E-state index in [9.17, 15) is 14.5 Å². The second-order valence-electron chi connectivity index (χ2n) is 3.66. The van der Waals surface area contributed by atoms with Crippen molar-refractivity contribution < 1.29 is 14.1 Å². The van der Waals surface area contributed by atoms with Crippen molar-refractivity contribution in [2.24, 2.45) is 0 Å². The molecule has 0 aromatic heterocycles. The summed E-state index contributed by atoms with van der Waals surface area (Å²) in [6.45, 7) is 3.20. The Kier molecular flexibility index (Phi) is 3.14. The Hall–Kier alpha value is -2.09. The van der Waals surface area contributed by atoms with E-state index in [-0.39, 0.29) is 11.4 Å². The lowest BCUT2D eigenvalue weighted by Gasteiger charge is -2.19. The van der Waals surface area contributed by atoms with Crippen LogP contribution in [0.2, 0.25) is 0 Å². The molecule has 0 atom stereocenters. The van der Waals surface area contributed by atoms with Gasteiger partial charge in [-0.1, -0.05) is 5.92 Å². The average molecular weight is 223 g/mol. The van der Waals surface area contributed by atoms with E-state index < -0.39 is 16.3 Å². The van der Waals surface area contributed by atoms with E-state index in [1.54, 1.807) is 13.8 Å². The molecule has 0 aliphatic rings. The zero-order chi connectivity index (χ0) is 12.3. The number of rotatable bonds is 3. The molecule has 5 heteroatoms. The fraction of sp³-hybridized carbons (Fsp3) is 0.273. The number of halogens is 1. The summed E-state index contributed by atoms with van der Waals surface area (Å²) in [5.74, 6) is 1.64. The number of nitro groups is 1. The van der Waals surface area contributed by atoms with Crippen LogP contribution in [0, 0.1) is 28.3 Å². The summed E-state index contributed by atoms with van der Waals surface area (Å²) in [6, 6.07) is 2.99. The first-order valence-corrected chi connectivity index (χ1v) is 4.46. The van der Waals surface area contributed by atoms with Crippen molar-refractivity contribution >= 4 is 5.69 Å². The standard InChI is InChI=1S/C11H10FNO3/c1-4-11(2,3)16-10-6-8(12)5-9(7-10)13(14)15/h1,5-7H,2-3H3. The molecule has 1 aromatic carbocycles. The second-order valence-corrected chi connectivity index (χ2v) is 3.66. The predicted molar refractivity (Wildman–Crippen MR) is 56.6 cm³/mol. The smallest absolute Gasteiger partial charge is 0.276 e. The zero-order valence-corrected chi connectivity index (χ0v) is 8.86. The zero-order valence-electron chi connectivity index (χ0n) is 8.86. The summed E-state index contributed by atoms with van der Waals surface area (Å²) < 4.78 is 18.3. The Morgan fingerprint density at radius 3 is 2.62 bits per heavy atom. The molecule has 0 aliphatic heterocycles. The molecule has 84 valence electrons. The van der Waals surface area contributed by atoms with Gasteiger partial charge in [-0.2, -0.15) is 0 Å². The predicted octanol–water partition coefficient (Wildman–Crippen LogP) is 2.52. The van der Waals surface area contributed by atoms with Gasteiger partial charge in [0.25, 0.3) is 5.69 Å². The first-order valence-electron chi connectivity index (χ1n) is 4.46. The van der Waals surface area contributed by atoms with E-state index in [0.717, 1.165) is 18.2 Å². The molecule has 16 heavy (non-hydrogen) atoms. The van der Waals surface area contributed by atoms with Crippen LogP contribution in [0.5, 0.6) is 5.75 Å². The third-order valence-corrected chi connectivity index (χ3v) is 1.79. The van der Waals surface area contributed by atoms with Crippen LogP contribution < -0.4 is 4.74 Å². The number of hydrogen-bond acceptors (Lipinski definition) is 3. The molecular formula is C11H10FNO3. The van der Waals surface area contributed by atoms with E-state index >= 15 is 0 Å². The van der Waals surface area contributed by atoms with Crippen molar-refractivity contribution in [2.45, 2.75) is 19.4 Å². The van der Waals surface area contributed by atoms with Gasteiger partial charge in [0.1, 0.15) is 11.6 Å². The molecular weight excluding hydrogens is 213 g/mol. The number of terminal acetylenes is 1. The Bertz CT molecular complexity index is 463. The number of nitrogens with zero attached hydrogens (tertiary/aromatic N) is 1. The van der Waals surface area contributed by atoms with Crippen molar-refractivity contribution in [1.29, 1.82) is 0 Å². The molecule has 0 saturated carbocycles. The van der Waals surface area contributed by atoms with Gasteiger partial charge in [-0.3, -0.25) is 10.1 Å². The van der Waals surface area contributed by atoms with Gasteiger partial charge in [0.05, 0.1) is 17.1 Å². The molecule has 1 rings (SSSR count). The maximum absolute atomic E-state index is 13.0. The van der Waals surface area contributed by atoms with Crippen molar-refractivity contribution in [3.8, 4) is 18.1 Å². The highest BCUT2D eigenvalue weighted by Crippen LogP contribution is 2.24. The van der Waals surface area contributed by atoms with Crippen LogP contribution in [0.4, 0.5) is 10.1 Å². The first kappa shape index (κ1) is 12.0. The van der Waals surface area contributed by atoms with Crippen LogP contribution in [0.25, 0.3) is 0 Å². The highest BCUT2D eigenvalue weighted by Gasteiger charge is 2.18. The molecule has 0 bridgehead atoms. The molecule has 4 nitrogen and oxygen atoms in total. The second kappa shape index (κ2) is 4.19. The van der Waals surface area contributed by atoms with Crippen molar-refractivity contribution in [3.05, 3.63) is 34.1 Å². The number of non-ortho nitro benzene ring substituents is 1. The van der Waals surface area contributed by atoms with Crippen LogP contribution >= 0.6 is 0 Å². The summed E-state index contributed by atoms with van der Waals surface area (Å²) in [6.07, 6.45) is 5.19. The third kappa shape index (κ3) is 2.95. The largest absolute Gasteiger partial charge is 0.475 e. The first-order chi connectivity index (χ1) is 7.34. The third-order valence-electron chi connectivity index (χ3n) is 1.79. The minimum absolute atomic E-state index is 0.0367. The van der Waals surface area contributed by atoms with Gasteiger partial charge < -0.3 is 4.74 Å². The normalized spacial score (nSPS) is 10.6. The molecule has 0 radical (unpaired) electrons. The maximum Gasteiger partial charge on any atom is 0.276 e. The SMILES string of the molecule is C#CC(C)(C)Oc1cc(F)cc([N+](=O)[O-])c1. The topological polar surface area (TPSA) is 52.4 Å². The van der Waals surface area contributed by atoms with Gasteiger partial charge in [-0.05, 0) is 13.8 Å². The van der Waals surface area contributed by atoms with Crippen molar-refractivity contribution in [1.82, 2.24) is 0 Å². The fourth-order valence-corrected chi connectivity index (χ4v) is 1.04. The fourth-order valence-electron chi connectivity index (χ4n) is 1.04. The summed E-state index contributed by atoms with van der Waals surface area (Å²) in [5.41, 5.74) is -1.32. The number of hydrogen-bond donors (Lipinski definition) is 0. The Balaban J connectivity index is 3.07. The van der Waals surface area contributed by atoms with Gasteiger partial charge in [0.15, 0.2) is 5.60 Å². The number of benzene rings is 1. The summed E-state index contributed by atoms with van der Waals surface area (Å²) >= 11 is 0. The van der Waals surface area contributed by atoms with Crippen molar-refractivity contribution in [2.75, 3.05) is 0 Å². The molecule has 0 N–H and O–H groups in total. The van der Waals surface area contributed by atoms with E-state index in [1.807, 2.05) is 0 Å². The van der Waals surface area contributed by atoms with Crippen LogP contribution in [-0.4, -0.2) is 10.5 Å². The van der Waals surface area contributed by atoms with E-state index in [4.69, 9.17) is 11.2 Å². The van der Waals surface area contributed by atoms with Crippen LogP contribution in [-0.2, 0) is 0 Å². The van der Waals surface area contributed by atoms with Crippen molar-refractivity contribution in [3.63, 3.8) is 0 Å². The molecule has 0 saturated heterocycles.